The average Bonchev–Trinajstić information content (AvgIpc) is 3.31. The van der Waals surface area contributed by atoms with E-state index in [1.807, 2.05) is 60.7 Å². The van der Waals surface area contributed by atoms with Gasteiger partial charge in [-0.25, -0.2) is 0 Å². The number of hydrogen-bond donors (Lipinski definition) is 0. The molecule has 166 valence electrons. The Morgan fingerprint density at radius 2 is 1.69 bits per heavy atom. The van der Waals surface area contributed by atoms with Crippen molar-refractivity contribution in [1.82, 2.24) is 9.55 Å². The van der Waals surface area contributed by atoms with E-state index in [-0.39, 0.29) is 11.6 Å². The quantitative estimate of drug-likeness (QED) is 0.541. The average molecular weight is 434 g/mol. The highest BCUT2D eigenvalue weighted by Crippen LogP contribution is 2.47. The van der Waals surface area contributed by atoms with Gasteiger partial charge in [0.25, 0.3) is 5.56 Å². The molecular formula is C25H26N2O5. The normalized spacial score (nSPS) is 25.8. The summed E-state index contributed by atoms with van der Waals surface area (Å²) in [5.74, 6) is 0. The van der Waals surface area contributed by atoms with Gasteiger partial charge in [-0.1, -0.05) is 67.6 Å². The van der Waals surface area contributed by atoms with Gasteiger partial charge in [-0.2, -0.15) is 4.98 Å². The van der Waals surface area contributed by atoms with E-state index < -0.39 is 24.0 Å². The Kier molecular flexibility index (Phi) is 5.78. The number of benzene rings is 2. The molecule has 0 radical (unpaired) electrons. The Morgan fingerprint density at radius 1 is 1.00 bits per heavy atom. The molecule has 4 atom stereocenters. The molecule has 0 amide bonds. The zero-order valence-corrected chi connectivity index (χ0v) is 17.9. The summed E-state index contributed by atoms with van der Waals surface area (Å²) in [6, 6.07) is 21.7. The van der Waals surface area contributed by atoms with Crippen molar-refractivity contribution in [3.05, 3.63) is 94.4 Å². The van der Waals surface area contributed by atoms with Crippen molar-refractivity contribution in [2.75, 3.05) is 6.61 Å². The monoisotopic (exact) mass is 434 g/mol. The van der Waals surface area contributed by atoms with Gasteiger partial charge in [0.05, 0.1) is 19.8 Å². The van der Waals surface area contributed by atoms with Crippen molar-refractivity contribution < 1.29 is 18.9 Å². The van der Waals surface area contributed by atoms with Crippen molar-refractivity contribution in [2.24, 2.45) is 0 Å². The van der Waals surface area contributed by atoms with E-state index in [1.54, 1.807) is 10.8 Å². The third-order valence-corrected chi connectivity index (χ3v) is 6.10. The number of aromatic nitrogens is 2. The van der Waals surface area contributed by atoms with Crippen molar-refractivity contribution in [3.63, 3.8) is 0 Å². The Labute approximate surface area is 186 Å². The van der Waals surface area contributed by atoms with Gasteiger partial charge in [0.2, 0.25) is 0 Å². The maximum atomic E-state index is 11.7. The summed E-state index contributed by atoms with van der Waals surface area (Å²) < 4.78 is 27.0. The maximum absolute atomic E-state index is 11.7. The molecule has 0 unspecified atom stereocenters. The molecule has 7 nitrogen and oxygen atoms in total. The molecule has 0 N–H and O–H groups in total. The highest BCUT2D eigenvalue weighted by molar-refractivity contribution is 5.17. The van der Waals surface area contributed by atoms with Crippen LogP contribution in [-0.2, 0) is 27.4 Å². The Hall–Kier alpha value is -3.00. The van der Waals surface area contributed by atoms with Crippen LogP contribution in [0.2, 0.25) is 0 Å². The fraction of sp³-hybridized carbons (Fsp3) is 0.360. The minimum absolute atomic E-state index is 0.260. The lowest BCUT2D eigenvalue weighted by atomic mass is 9.92. The topological polar surface area (TPSA) is 71.8 Å². The second-order valence-electron chi connectivity index (χ2n) is 8.16. The molecule has 0 bridgehead atoms. The maximum Gasteiger partial charge on any atom is 0.302 e. The predicted molar refractivity (Wildman–Crippen MR) is 117 cm³/mol. The molecule has 1 fully saturated rings. The molecule has 2 aromatic carbocycles. The molecule has 0 aliphatic carbocycles. The minimum Gasteiger partial charge on any atom is -0.453 e. The lowest BCUT2D eigenvalue weighted by Crippen LogP contribution is -2.49. The second kappa shape index (κ2) is 8.86. The van der Waals surface area contributed by atoms with E-state index in [2.05, 4.69) is 11.9 Å². The first-order valence-corrected chi connectivity index (χ1v) is 10.9. The van der Waals surface area contributed by atoms with E-state index in [9.17, 15) is 4.79 Å². The zero-order valence-electron chi connectivity index (χ0n) is 17.9. The van der Waals surface area contributed by atoms with Crippen LogP contribution in [0.3, 0.4) is 0 Å². The van der Waals surface area contributed by atoms with Crippen LogP contribution in [0.1, 0.15) is 30.7 Å². The van der Waals surface area contributed by atoms with Gasteiger partial charge in [0.1, 0.15) is 11.7 Å². The Balaban J connectivity index is 1.39. The third-order valence-electron chi connectivity index (χ3n) is 6.10. The van der Waals surface area contributed by atoms with E-state index in [1.165, 1.54) is 6.07 Å². The molecule has 0 saturated carbocycles. The fourth-order valence-electron chi connectivity index (χ4n) is 4.38. The van der Waals surface area contributed by atoms with Gasteiger partial charge in [-0.15, -0.1) is 0 Å². The highest BCUT2D eigenvalue weighted by atomic mass is 16.7. The molecule has 2 aliphatic rings. The van der Waals surface area contributed by atoms with Gasteiger partial charge in [-0.05, 0) is 17.5 Å². The molecule has 32 heavy (non-hydrogen) atoms. The first-order valence-electron chi connectivity index (χ1n) is 10.9. The lowest BCUT2D eigenvalue weighted by Gasteiger charge is -2.34. The van der Waals surface area contributed by atoms with Gasteiger partial charge in [0.15, 0.2) is 12.3 Å². The molecule has 7 heteroatoms. The fourth-order valence-corrected chi connectivity index (χ4v) is 4.38. The van der Waals surface area contributed by atoms with Crippen LogP contribution in [0.4, 0.5) is 0 Å². The lowest BCUT2D eigenvalue weighted by molar-refractivity contribution is -0.160. The summed E-state index contributed by atoms with van der Waals surface area (Å²) >= 11 is 0. The summed E-state index contributed by atoms with van der Waals surface area (Å²) in [5.41, 5.74) is 1.13. The number of rotatable bonds is 8. The second-order valence-corrected chi connectivity index (χ2v) is 8.16. The first kappa shape index (κ1) is 20.9. The van der Waals surface area contributed by atoms with Crippen molar-refractivity contribution in [3.8, 4) is 6.01 Å². The first-order chi connectivity index (χ1) is 15.7. The molecule has 3 heterocycles. The van der Waals surface area contributed by atoms with Crippen LogP contribution in [0.25, 0.3) is 0 Å². The molecule has 0 spiro atoms. The zero-order chi connectivity index (χ0) is 22.0. The summed E-state index contributed by atoms with van der Waals surface area (Å²) in [5, 5.41) is 0. The molecule has 1 aromatic heterocycles. The molecule has 5 rings (SSSR count). The van der Waals surface area contributed by atoms with Crippen molar-refractivity contribution in [2.45, 2.75) is 50.6 Å². The summed E-state index contributed by atoms with van der Waals surface area (Å²) in [7, 11) is 0. The van der Waals surface area contributed by atoms with Crippen LogP contribution in [0, 0.1) is 0 Å². The van der Waals surface area contributed by atoms with Gasteiger partial charge >= 0.3 is 6.01 Å². The van der Waals surface area contributed by atoms with E-state index in [0.29, 0.717) is 26.2 Å². The Morgan fingerprint density at radius 3 is 2.38 bits per heavy atom. The van der Waals surface area contributed by atoms with Crippen molar-refractivity contribution in [1.29, 1.82) is 0 Å². The molecule has 3 aromatic rings. The Bertz CT molecular complexity index is 1100. The van der Waals surface area contributed by atoms with Crippen LogP contribution < -0.4 is 10.3 Å². The standard InChI is InChI=1S/C25H26N2O5/c1-2-25(17-29-15-18-9-5-3-6-10-18)22(30-16-19-11-7-4-8-12-19)21-23(32-25)27-14-13-20(28)26-24(27)31-21/h3-14,21-23H,2,15-17H2,1H3/t21-,22-,23+,25+/m0/s1. The molecule has 1 saturated heterocycles. The SMILES string of the molecule is CC[C@]1(COCc2ccccc2)O[C@@H]2[C@@H](Oc3nc(=O)ccn32)[C@@H]1OCc1ccccc1. The van der Waals surface area contributed by atoms with Gasteiger partial charge in [-0.3, -0.25) is 9.36 Å². The van der Waals surface area contributed by atoms with E-state index in [4.69, 9.17) is 18.9 Å². The number of hydrogen-bond acceptors (Lipinski definition) is 6. The molecule has 2 aliphatic heterocycles. The minimum atomic E-state index is -0.695. The van der Waals surface area contributed by atoms with Crippen LogP contribution >= 0.6 is 0 Å². The highest BCUT2D eigenvalue weighted by Gasteiger charge is 2.60. The molecular weight excluding hydrogens is 408 g/mol. The van der Waals surface area contributed by atoms with Gasteiger partial charge in [0, 0.05) is 12.3 Å². The van der Waals surface area contributed by atoms with E-state index in [0.717, 1.165) is 11.1 Å². The third kappa shape index (κ3) is 3.95. The van der Waals surface area contributed by atoms with Crippen molar-refractivity contribution >= 4 is 0 Å². The number of ether oxygens (including phenoxy) is 4. The predicted octanol–water partition coefficient (Wildman–Crippen LogP) is 3.48. The smallest absolute Gasteiger partial charge is 0.302 e. The number of fused-ring (bicyclic) bond motifs is 3. The van der Waals surface area contributed by atoms with Crippen LogP contribution in [-0.4, -0.2) is 34.0 Å². The van der Waals surface area contributed by atoms with Crippen LogP contribution in [0.15, 0.2) is 77.7 Å². The summed E-state index contributed by atoms with van der Waals surface area (Å²) in [4.78, 5) is 15.7. The number of nitrogens with zero attached hydrogens (tertiary/aromatic N) is 2. The summed E-state index contributed by atoms with van der Waals surface area (Å²) in [6.07, 6.45) is 1.10. The van der Waals surface area contributed by atoms with E-state index >= 15 is 0 Å². The van der Waals surface area contributed by atoms with Gasteiger partial charge < -0.3 is 18.9 Å². The largest absolute Gasteiger partial charge is 0.453 e. The summed E-state index contributed by atoms with van der Waals surface area (Å²) in [6.45, 7) is 3.33. The van der Waals surface area contributed by atoms with Crippen LogP contribution in [0.5, 0.6) is 6.01 Å².